The average Bonchev–Trinajstić information content (AvgIpc) is 3.23. The Balaban J connectivity index is 1.74. The molecule has 3 rings (SSSR count). The third kappa shape index (κ3) is 4.88. The Morgan fingerprint density at radius 1 is 1.16 bits per heavy atom. The second kappa shape index (κ2) is 9.38. The SMILES string of the molecule is CCNC(=O)c1cccc(NC(=O)C2CCCN2C(=O)c2ccc([N+](=O)[O-])c(C)c2)c1. The van der Waals surface area contributed by atoms with Crippen molar-refractivity contribution in [3.05, 3.63) is 69.3 Å². The molecule has 1 aliphatic rings. The van der Waals surface area contributed by atoms with Crippen LogP contribution in [0.25, 0.3) is 0 Å². The topological polar surface area (TPSA) is 122 Å². The van der Waals surface area contributed by atoms with E-state index < -0.39 is 11.0 Å². The van der Waals surface area contributed by atoms with E-state index in [2.05, 4.69) is 10.6 Å². The number of nitro groups is 1. The van der Waals surface area contributed by atoms with E-state index in [1.807, 2.05) is 6.92 Å². The number of rotatable bonds is 6. The van der Waals surface area contributed by atoms with Crippen LogP contribution in [0.5, 0.6) is 0 Å². The average molecular weight is 424 g/mol. The van der Waals surface area contributed by atoms with Gasteiger partial charge in [-0.3, -0.25) is 24.5 Å². The number of hydrogen-bond donors (Lipinski definition) is 2. The van der Waals surface area contributed by atoms with Crippen molar-refractivity contribution in [2.75, 3.05) is 18.4 Å². The fraction of sp³-hybridized carbons (Fsp3) is 0.318. The summed E-state index contributed by atoms with van der Waals surface area (Å²) in [5.41, 5.74) is 1.54. The largest absolute Gasteiger partial charge is 0.352 e. The zero-order valence-corrected chi connectivity index (χ0v) is 17.4. The summed E-state index contributed by atoms with van der Waals surface area (Å²) in [4.78, 5) is 49.9. The summed E-state index contributed by atoms with van der Waals surface area (Å²) in [6.45, 7) is 4.31. The monoisotopic (exact) mass is 424 g/mol. The van der Waals surface area contributed by atoms with Crippen LogP contribution >= 0.6 is 0 Å². The van der Waals surface area contributed by atoms with Gasteiger partial charge in [0.2, 0.25) is 5.91 Å². The fourth-order valence-electron chi connectivity index (χ4n) is 3.67. The van der Waals surface area contributed by atoms with E-state index in [4.69, 9.17) is 0 Å². The van der Waals surface area contributed by atoms with Gasteiger partial charge in [-0.25, -0.2) is 0 Å². The van der Waals surface area contributed by atoms with E-state index in [-0.39, 0.29) is 23.4 Å². The fourth-order valence-corrected chi connectivity index (χ4v) is 3.67. The predicted octanol–water partition coefficient (Wildman–Crippen LogP) is 2.90. The summed E-state index contributed by atoms with van der Waals surface area (Å²) in [5.74, 6) is -0.908. The van der Waals surface area contributed by atoms with Crippen LogP contribution in [0.15, 0.2) is 42.5 Å². The minimum atomic E-state index is -0.656. The first kappa shape index (κ1) is 21.9. The summed E-state index contributed by atoms with van der Waals surface area (Å²) in [7, 11) is 0. The van der Waals surface area contributed by atoms with Crippen LogP contribution in [0, 0.1) is 17.0 Å². The number of anilines is 1. The van der Waals surface area contributed by atoms with Gasteiger partial charge >= 0.3 is 0 Å². The maximum Gasteiger partial charge on any atom is 0.272 e. The number of amides is 3. The van der Waals surface area contributed by atoms with Crippen molar-refractivity contribution in [1.82, 2.24) is 10.2 Å². The molecule has 3 amide bonds. The number of aryl methyl sites for hydroxylation is 1. The van der Waals surface area contributed by atoms with Crippen LogP contribution in [0.2, 0.25) is 0 Å². The lowest BCUT2D eigenvalue weighted by atomic mass is 10.1. The molecule has 1 aliphatic heterocycles. The van der Waals surface area contributed by atoms with E-state index in [0.717, 1.165) is 0 Å². The number of benzene rings is 2. The normalized spacial score (nSPS) is 15.4. The minimum Gasteiger partial charge on any atom is -0.352 e. The molecule has 31 heavy (non-hydrogen) atoms. The molecule has 2 aromatic carbocycles. The van der Waals surface area contributed by atoms with Crippen molar-refractivity contribution in [2.45, 2.75) is 32.7 Å². The van der Waals surface area contributed by atoms with E-state index in [9.17, 15) is 24.5 Å². The lowest BCUT2D eigenvalue weighted by Crippen LogP contribution is -2.43. The second-order valence-electron chi connectivity index (χ2n) is 7.34. The highest BCUT2D eigenvalue weighted by atomic mass is 16.6. The minimum absolute atomic E-state index is 0.0562. The first-order valence-electron chi connectivity index (χ1n) is 10.1. The van der Waals surface area contributed by atoms with Gasteiger partial charge in [0.1, 0.15) is 6.04 Å². The molecule has 162 valence electrons. The Kier molecular flexibility index (Phi) is 6.64. The highest BCUT2D eigenvalue weighted by Crippen LogP contribution is 2.25. The molecule has 2 N–H and O–H groups in total. The molecule has 0 saturated carbocycles. The van der Waals surface area contributed by atoms with Crippen LogP contribution in [0.1, 0.15) is 46.0 Å². The van der Waals surface area contributed by atoms with Crippen LogP contribution in [0.4, 0.5) is 11.4 Å². The van der Waals surface area contributed by atoms with Gasteiger partial charge in [-0.05, 0) is 57.0 Å². The van der Waals surface area contributed by atoms with Gasteiger partial charge in [-0.15, -0.1) is 0 Å². The lowest BCUT2D eigenvalue weighted by molar-refractivity contribution is -0.385. The Labute approximate surface area is 179 Å². The molecule has 9 nitrogen and oxygen atoms in total. The summed E-state index contributed by atoms with van der Waals surface area (Å²) in [5, 5.41) is 16.5. The van der Waals surface area contributed by atoms with Gasteiger partial charge in [0.05, 0.1) is 4.92 Å². The Morgan fingerprint density at radius 2 is 1.94 bits per heavy atom. The Bertz CT molecular complexity index is 1040. The van der Waals surface area contributed by atoms with Crippen molar-refractivity contribution in [3.8, 4) is 0 Å². The van der Waals surface area contributed by atoms with Gasteiger partial charge in [0.25, 0.3) is 17.5 Å². The maximum absolute atomic E-state index is 13.0. The Morgan fingerprint density at radius 3 is 2.61 bits per heavy atom. The molecule has 1 atom stereocenters. The molecular formula is C22H24N4O5. The molecule has 0 spiro atoms. The van der Waals surface area contributed by atoms with Crippen LogP contribution in [0.3, 0.4) is 0 Å². The van der Waals surface area contributed by atoms with E-state index in [1.54, 1.807) is 31.2 Å². The standard InChI is InChI=1S/C22H24N4O5/c1-3-23-20(27)15-6-4-7-17(13-15)24-21(28)19-8-5-11-25(19)22(29)16-9-10-18(26(30)31)14(2)12-16/h4,6-7,9-10,12-13,19H,3,5,8,11H2,1-2H3,(H,23,27)(H,24,28). The van der Waals surface area contributed by atoms with Crippen LogP contribution in [-0.2, 0) is 4.79 Å². The van der Waals surface area contributed by atoms with Crippen molar-refractivity contribution in [2.24, 2.45) is 0 Å². The second-order valence-corrected chi connectivity index (χ2v) is 7.34. The van der Waals surface area contributed by atoms with Gasteiger partial charge in [0.15, 0.2) is 0 Å². The molecule has 1 fully saturated rings. The molecule has 1 heterocycles. The molecule has 1 saturated heterocycles. The van der Waals surface area contributed by atoms with Crippen LogP contribution < -0.4 is 10.6 Å². The summed E-state index contributed by atoms with van der Waals surface area (Å²) in [6.07, 6.45) is 1.19. The van der Waals surface area contributed by atoms with Gasteiger partial charge in [0, 0.05) is 41.5 Å². The molecule has 2 aromatic rings. The smallest absolute Gasteiger partial charge is 0.272 e. The number of nitrogens with zero attached hydrogens (tertiary/aromatic N) is 2. The number of carbonyl (C=O) groups excluding carboxylic acids is 3. The third-order valence-electron chi connectivity index (χ3n) is 5.19. The number of hydrogen-bond acceptors (Lipinski definition) is 5. The first-order valence-corrected chi connectivity index (χ1v) is 10.1. The predicted molar refractivity (Wildman–Crippen MR) is 115 cm³/mol. The Hall–Kier alpha value is -3.75. The number of carbonyl (C=O) groups is 3. The van der Waals surface area contributed by atoms with E-state index in [1.165, 1.54) is 23.1 Å². The molecule has 0 aromatic heterocycles. The van der Waals surface area contributed by atoms with E-state index in [0.29, 0.717) is 48.3 Å². The highest BCUT2D eigenvalue weighted by molar-refractivity contribution is 6.02. The highest BCUT2D eigenvalue weighted by Gasteiger charge is 2.35. The molecule has 1 unspecified atom stereocenters. The molecule has 9 heteroatoms. The van der Waals surface area contributed by atoms with Gasteiger partial charge in [-0.1, -0.05) is 6.07 Å². The third-order valence-corrected chi connectivity index (χ3v) is 5.19. The number of nitrogens with one attached hydrogen (secondary N) is 2. The van der Waals surface area contributed by atoms with Crippen molar-refractivity contribution in [1.29, 1.82) is 0 Å². The summed E-state index contributed by atoms with van der Waals surface area (Å²) < 4.78 is 0. The van der Waals surface area contributed by atoms with Crippen LogP contribution in [-0.4, -0.2) is 46.7 Å². The summed E-state index contributed by atoms with van der Waals surface area (Å²) in [6, 6.07) is 10.1. The van der Waals surface area contributed by atoms with Crippen molar-refractivity contribution in [3.63, 3.8) is 0 Å². The maximum atomic E-state index is 13.0. The van der Waals surface area contributed by atoms with E-state index >= 15 is 0 Å². The lowest BCUT2D eigenvalue weighted by Gasteiger charge is -2.24. The first-order chi connectivity index (χ1) is 14.8. The van der Waals surface area contributed by atoms with Crippen molar-refractivity contribution < 1.29 is 19.3 Å². The molecule has 0 radical (unpaired) electrons. The zero-order valence-electron chi connectivity index (χ0n) is 17.4. The zero-order chi connectivity index (χ0) is 22.5. The van der Waals surface area contributed by atoms with Crippen molar-refractivity contribution >= 4 is 29.1 Å². The van der Waals surface area contributed by atoms with Gasteiger partial charge in [-0.2, -0.15) is 0 Å². The number of likely N-dealkylation sites (tertiary alicyclic amines) is 1. The summed E-state index contributed by atoms with van der Waals surface area (Å²) >= 11 is 0. The quantitative estimate of drug-likeness (QED) is 0.545. The molecule has 0 bridgehead atoms. The molecular weight excluding hydrogens is 400 g/mol. The molecule has 0 aliphatic carbocycles. The van der Waals surface area contributed by atoms with Gasteiger partial charge < -0.3 is 15.5 Å². The number of nitro benzene ring substituents is 1.